The smallest absolute Gasteiger partial charge is 0.435 e. The lowest BCUT2D eigenvalue weighted by Gasteiger charge is -2.19. The van der Waals surface area contributed by atoms with E-state index < -0.39 is 17.8 Å². The van der Waals surface area contributed by atoms with Gasteiger partial charge in [-0.25, -0.2) is 0 Å². The Balaban J connectivity index is 1.44. The van der Waals surface area contributed by atoms with Gasteiger partial charge in [-0.05, 0) is 54.7 Å². The zero-order valence-corrected chi connectivity index (χ0v) is 19.1. The van der Waals surface area contributed by atoms with Crippen LogP contribution < -0.4 is 10.1 Å². The zero-order chi connectivity index (χ0) is 24.2. The maximum Gasteiger partial charge on any atom is 0.435 e. The third-order valence-corrected chi connectivity index (χ3v) is 5.09. The molecule has 0 aliphatic carbocycles. The molecule has 2 heterocycles. The molecule has 3 rings (SSSR count). The summed E-state index contributed by atoms with van der Waals surface area (Å²) in [4.78, 5) is 12.3. The Labute approximate surface area is 190 Å². The summed E-state index contributed by atoms with van der Waals surface area (Å²) in [6.07, 6.45) is -4.05. The number of amides is 1. The largest absolute Gasteiger partial charge is 0.486 e. The van der Waals surface area contributed by atoms with Gasteiger partial charge in [0.05, 0.1) is 0 Å². The molecule has 0 aliphatic rings. The summed E-state index contributed by atoms with van der Waals surface area (Å²) in [5.41, 5.74) is 0.762. The molecule has 178 valence electrons. The van der Waals surface area contributed by atoms with Crippen LogP contribution >= 0.6 is 0 Å². The Kier molecular flexibility index (Phi) is 7.19. The van der Waals surface area contributed by atoms with Crippen molar-refractivity contribution in [2.24, 2.45) is 0 Å². The Hall–Kier alpha value is -3.23. The summed E-state index contributed by atoms with van der Waals surface area (Å²) in [5.74, 6) is 0.954. The highest BCUT2D eigenvalue weighted by molar-refractivity contribution is 5.91. The summed E-state index contributed by atoms with van der Waals surface area (Å²) in [7, 11) is 0. The van der Waals surface area contributed by atoms with Crippen molar-refractivity contribution < 1.29 is 27.1 Å². The summed E-state index contributed by atoms with van der Waals surface area (Å²) in [6.45, 7) is 8.69. The molecule has 0 unspecified atom stereocenters. The molecule has 0 bridgehead atoms. The van der Waals surface area contributed by atoms with E-state index >= 15 is 0 Å². The maximum absolute atomic E-state index is 12.7. The van der Waals surface area contributed by atoms with Gasteiger partial charge in [0, 0.05) is 18.8 Å². The average Bonchev–Trinajstić information content (AvgIpc) is 3.36. The Morgan fingerprint density at radius 1 is 1.12 bits per heavy atom. The Morgan fingerprint density at radius 2 is 1.82 bits per heavy atom. The second kappa shape index (κ2) is 9.72. The number of aryl methyl sites for hydroxylation is 2. The SMILES string of the molecule is Cc1cc(C(F)(F)F)nn1CCCNC(=O)c1ccc(COc2ccc(C(C)(C)C)cc2)o1. The quantitative estimate of drug-likeness (QED) is 0.448. The van der Waals surface area contributed by atoms with Crippen LogP contribution in [0.2, 0.25) is 0 Å². The summed E-state index contributed by atoms with van der Waals surface area (Å²) in [5, 5.41) is 6.26. The van der Waals surface area contributed by atoms with E-state index in [1.54, 1.807) is 19.1 Å². The lowest BCUT2D eigenvalue weighted by atomic mass is 9.87. The molecule has 0 fully saturated rings. The number of halogens is 3. The van der Waals surface area contributed by atoms with Gasteiger partial charge in [-0.1, -0.05) is 32.9 Å². The number of nitrogens with zero attached hydrogens (tertiary/aromatic N) is 2. The van der Waals surface area contributed by atoms with Gasteiger partial charge in [0.25, 0.3) is 5.91 Å². The number of benzene rings is 1. The van der Waals surface area contributed by atoms with Crippen LogP contribution in [0.15, 0.2) is 46.9 Å². The number of hydrogen-bond acceptors (Lipinski definition) is 4. The second-order valence-electron chi connectivity index (χ2n) is 8.83. The lowest BCUT2D eigenvalue weighted by molar-refractivity contribution is -0.141. The van der Waals surface area contributed by atoms with Crippen LogP contribution in [-0.4, -0.2) is 22.2 Å². The van der Waals surface area contributed by atoms with Crippen LogP contribution in [0.3, 0.4) is 0 Å². The van der Waals surface area contributed by atoms with Crippen molar-refractivity contribution in [3.63, 3.8) is 0 Å². The van der Waals surface area contributed by atoms with E-state index in [0.29, 0.717) is 23.6 Å². The highest BCUT2D eigenvalue weighted by atomic mass is 19.4. The fraction of sp³-hybridized carbons (Fsp3) is 0.417. The first-order chi connectivity index (χ1) is 15.4. The molecule has 2 aromatic heterocycles. The number of furan rings is 1. The molecule has 0 aliphatic heterocycles. The molecule has 0 radical (unpaired) electrons. The van der Waals surface area contributed by atoms with E-state index in [-0.39, 0.29) is 30.9 Å². The zero-order valence-electron chi connectivity index (χ0n) is 19.1. The number of nitrogens with one attached hydrogen (secondary N) is 1. The number of alkyl halides is 3. The molecule has 3 aromatic rings. The number of carbonyl (C=O) groups excluding carboxylic acids is 1. The molecule has 1 N–H and O–H groups in total. The summed E-state index contributed by atoms with van der Waals surface area (Å²) in [6, 6.07) is 12.1. The standard InChI is InChI=1S/C24H28F3N3O3/c1-16-14-21(24(25,26)27)29-30(16)13-5-12-28-22(31)20-11-10-19(33-20)15-32-18-8-6-17(7-9-18)23(2,3)4/h6-11,14H,5,12-13,15H2,1-4H3,(H,28,31). The second-order valence-corrected chi connectivity index (χ2v) is 8.83. The van der Waals surface area contributed by atoms with Gasteiger partial charge in [-0.3, -0.25) is 9.48 Å². The molecular formula is C24H28F3N3O3. The summed E-state index contributed by atoms with van der Waals surface area (Å²) < 4.78 is 50.7. The van der Waals surface area contributed by atoms with E-state index in [0.717, 1.165) is 6.07 Å². The monoisotopic (exact) mass is 463 g/mol. The topological polar surface area (TPSA) is 69.3 Å². The predicted molar refractivity (Wildman–Crippen MR) is 117 cm³/mol. The van der Waals surface area contributed by atoms with Gasteiger partial charge in [0.15, 0.2) is 11.5 Å². The first kappa shape index (κ1) is 24.4. The molecule has 0 saturated carbocycles. The Morgan fingerprint density at radius 3 is 2.42 bits per heavy atom. The van der Waals surface area contributed by atoms with Crippen LogP contribution in [0, 0.1) is 6.92 Å². The number of rotatable bonds is 8. The third-order valence-electron chi connectivity index (χ3n) is 5.09. The number of carbonyl (C=O) groups is 1. The van der Waals surface area contributed by atoms with Crippen molar-refractivity contribution in [1.29, 1.82) is 0 Å². The Bertz CT molecular complexity index is 1080. The molecule has 1 amide bonds. The van der Waals surface area contributed by atoms with Crippen LogP contribution in [0.4, 0.5) is 13.2 Å². The van der Waals surface area contributed by atoms with Crippen molar-refractivity contribution >= 4 is 5.91 Å². The van der Waals surface area contributed by atoms with Crippen molar-refractivity contribution in [2.75, 3.05) is 6.54 Å². The molecule has 0 saturated heterocycles. The maximum atomic E-state index is 12.7. The van der Waals surface area contributed by atoms with Crippen molar-refractivity contribution in [3.8, 4) is 5.75 Å². The molecule has 6 nitrogen and oxygen atoms in total. The van der Waals surface area contributed by atoms with E-state index in [1.165, 1.54) is 10.2 Å². The van der Waals surface area contributed by atoms with Gasteiger partial charge in [0.1, 0.15) is 18.1 Å². The summed E-state index contributed by atoms with van der Waals surface area (Å²) >= 11 is 0. The molecule has 9 heteroatoms. The van der Waals surface area contributed by atoms with Gasteiger partial charge in [0.2, 0.25) is 0 Å². The fourth-order valence-corrected chi connectivity index (χ4v) is 3.18. The van der Waals surface area contributed by atoms with Gasteiger partial charge in [-0.2, -0.15) is 18.3 Å². The minimum atomic E-state index is -4.47. The van der Waals surface area contributed by atoms with E-state index in [2.05, 4.69) is 31.2 Å². The van der Waals surface area contributed by atoms with Gasteiger partial charge in [-0.15, -0.1) is 0 Å². The highest BCUT2D eigenvalue weighted by Crippen LogP contribution is 2.28. The lowest BCUT2D eigenvalue weighted by Crippen LogP contribution is -2.25. The molecular weight excluding hydrogens is 435 g/mol. The van der Waals surface area contributed by atoms with Gasteiger partial charge >= 0.3 is 6.18 Å². The minimum absolute atomic E-state index is 0.0605. The highest BCUT2D eigenvalue weighted by Gasteiger charge is 2.34. The van der Waals surface area contributed by atoms with Crippen LogP contribution in [0.25, 0.3) is 0 Å². The number of hydrogen-bond donors (Lipinski definition) is 1. The molecule has 33 heavy (non-hydrogen) atoms. The molecule has 0 spiro atoms. The fourth-order valence-electron chi connectivity index (χ4n) is 3.18. The minimum Gasteiger partial charge on any atom is -0.486 e. The third kappa shape index (κ3) is 6.63. The van der Waals surface area contributed by atoms with Crippen LogP contribution in [0.5, 0.6) is 5.75 Å². The van der Waals surface area contributed by atoms with E-state index in [1.807, 2.05) is 24.3 Å². The average molecular weight is 464 g/mol. The molecule has 1 aromatic carbocycles. The van der Waals surface area contributed by atoms with Gasteiger partial charge < -0.3 is 14.5 Å². The van der Waals surface area contributed by atoms with E-state index in [9.17, 15) is 18.0 Å². The van der Waals surface area contributed by atoms with Crippen molar-refractivity contribution in [3.05, 3.63) is 70.9 Å². The first-order valence-electron chi connectivity index (χ1n) is 10.7. The number of ether oxygens (including phenoxy) is 1. The van der Waals surface area contributed by atoms with Crippen molar-refractivity contribution in [1.82, 2.24) is 15.1 Å². The first-order valence-corrected chi connectivity index (χ1v) is 10.7. The predicted octanol–water partition coefficient (Wildman–Crippen LogP) is 5.50. The van der Waals surface area contributed by atoms with Crippen molar-refractivity contribution in [2.45, 2.75) is 58.9 Å². The molecule has 0 atom stereocenters. The van der Waals surface area contributed by atoms with Crippen LogP contribution in [0.1, 0.15) is 60.5 Å². The number of aromatic nitrogens is 2. The van der Waals surface area contributed by atoms with E-state index in [4.69, 9.17) is 9.15 Å². The van der Waals surface area contributed by atoms with Crippen LogP contribution in [-0.2, 0) is 24.7 Å². The normalized spacial score (nSPS) is 12.1.